The smallest absolute Gasteiger partial charge is 0.271 e. The minimum Gasteiger partial charge on any atom is -0.348 e. The van der Waals surface area contributed by atoms with Gasteiger partial charge in [0.2, 0.25) is 0 Å². The Morgan fingerprint density at radius 2 is 1.75 bits per heavy atom. The first kappa shape index (κ1) is 21.5. The summed E-state index contributed by atoms with van der Waals surface area (Å²) in [4.78, 5) is 25.8. The van der Waals surface area contributed by atoms with Gasteiger partial charge in [-0.25, -0.2) is 4.39 Å². The van der Waals surface area contributed by atoms with Gasteiger partial charge in [0.05, 0.1) is 5.69 Å². The van der Waals surface area contributed by atoms with Crippen LogP contribution < -0.4 is 10.9 Å². The van der Waals surface area contributed by atoms with E-state index in [-0.39, 0.29) is 23.8 Å². The van der Waals surface area contributed by atoms with E-state index in [2.05, 4.69) is 10.4 Å². The van der Waals surface area contributed by atoms with Gasteiger partial charge in [-0.05, 0) is 67.1 Å². The highest BCUT2D eigenvalue weighted by Gasteiger charge is 2.09. The molecule has 160 valence electrons. The van der Waals surface area contributed by atoms with Gasteiger partial charge in [0.25, 0.3) is 11.5 Å². The van der Waals surface area contributed by atoms with Crippen molar-refractivity contribution in [1.29, 1.82) is 0 Å². The SMILES string of the molecule is Cc1ccc(Sc2ccc(=O)n(-c3ccc(C(=O)NCc4cccc(F)c4)cc3)n2)cc1. The van der Waals surface area contributed by atoms with Crippen molar-refractivity contribution in [3.05, 3.63) is 118 Å². The van der Waals surface area contributed by atoms with E-state index in [1.54, 1.807) is 42.5 Å². The van der Waals surface area contributed by atoms with Gasteiger partial charge < -0.3 is 5.32 Å². The fourth-order valence-electron chi connectivity index (χ4n) is 3.05. The molecule has 3 aromatic carbocycles. The average Bonchev–Trinajstić information content (AvgIpc) is 2.80. The predicted octanol–water partition coefficient (Wildman–Crippen LogP) is 4.76. The molecule has 0 spiro atoms. The molecule has 0 aliphatic rings. The van der Waals surface area contributed by atoms with Crippen LogP contribution in [0.5, 0.6) is 0 Å². The molecule has 0 saturated heterocycles. The average molecular weight is 446 g/mol. The molecule has 1 amide bonds. The predicted molar refractivity (Wildman–Crippen MR) is 123 cm³/mol. The minimum absolute atomic E-state index is 0.220. The molecule has 0 unspecified atom stereocenters. The zero-order chi connectivity index (χ0) is 22.5. The van der Waals surface area contributed by atoms with Gasteiger partial charge in [0.15, 0.2) is 0 Å². The van der Waals surface area contributed by atoms with Gasteiger partial charge in [0, 0.05) is 23.1 Å². The summed E-state index contributed by atoms with van der Waals surface area (Å²) in [5, 5.41) is 7.90. The highest BCUT2D eigenvalue weighted by atomic mass is 32.2. The molecule has 7 heteroatoms. The van der Waals surface area contributed by atoms with Crippen molar-refractivity contribution in [3.8, 4) is 5.69 Å². The summed E-state index contributed by atoms with van der Waals surface area (Å²) >= 11 is 1.47. The molecule has 0 aliphatic carbocycles. The fourth-order valence-corrected chi connectivity index (χ4v) is 3.82. The number of aromatic nitrogens is 2. The highest BCUT2D eigenvalue weighted by Crippen LogP contribution is 2.25. The standard InChI is InChI=1S/C25H20FN3O2S/c1-17-5-11-22(12-6-17)32-23-13-14-24(30)29(28-23)21-9-7-19(8-10-21)25(31)27-16-18-3-2-4-20(26)15-18/h2-15H,16H2,1H3,(H,27,31). The van der Waals surface area contributed by atoms with E-state index in [1.807, 2.05) is 31.2 Å². The third kappa shape index (κ3) is 5.31. The van der Waals surface area contributed by atoms with Gasteiger partial charge in [-0.1, -0.05) is 41.6 Å². The first-order chi connectivity index (χ1) is 15.5. The number of hydrogen-bond donors (Lipinski definition) is 1. The van der Waals surface area contributed by atoms with Crippen LogP contribution in [0.15, 0.2) is 99.6 Å². The normalized spacial score (nSPS) is 10.7. The Hall–Kier alpha value is -3.71. The number of nitrogens with one attached hydrogen (secondary N) is 1. The number of hydrogen-bond acceptors (Lipinski definition) is 4. The lowest BCUT2D eigenvalue weighted by Crippen LogP contribution is -2.23. The Labute approximate surface area is 188 Å². The van der Waals surface area contributed by atoms with Crippen molar-refractivity contribution < 1.29 is 9.18 Å². The summed E-state index contributed by atoms with van der Waals surface area (Å²) in [6.07, 6.45) is 0. The molecule has 0 atom stereocenters. The molecule has 0 bridgehead atoms. The van der Waals surface area contributed by atoms with Crippen LogP contribution in [0, 0.1) is 12.7 Å². The maximum Gasteiger partial charge on any atom is 0.271 e. The molecule has 4 aromatic rings. The van der Waals surface area contributed by atoms with E-state index in [1.165, 1.54) is 40.2 Å². The lowest BCUT2D eigenvalue weighted by Gasteiger charge is -2.09. The van der Waals surface area contributed by atoms with Crippen LogP contribution in [0.3, 0.4) is 0 Å². The van der Waals surface area contributed by atoms with Crippen LogP contribution >= 0.6 is 11.8 Å². The molecule has 0 fully saturated rings. The van der Waals surface area contributed by atoms with E-state index in [0.29, 0.717) is 21.8 Å². The minimum atomic E-state index is -0.346. The van der Waals surface area contributed by atoms with Crippen molar-refractivity contribution in [1.82, 2.24) is 15.1 Å². The lowest BCUT2D eigenvalue weighted by atomic mass is 10.1. The van der Waals surface area contributed by atoms with Gasteiger partial charge >= 0.3 is 0 Å². The summed E-state index contributed by atoms with van der Waals surface area (Å²) in [6, 6.07) is 23.9. The number of aryl methyl sites for hydroxylation is 1. The maximum absolute atomic E-state index is 13.3. The number of halogens is 1. The van der Waals surface area contributed by atoms with Gasteiger partial charge in [-0.3, -0.25) is 9.59 Å². The van der Waals surface area contributed by atoms with Gasteiger partial charge in [-0.2, -0.15) is 9.78 Å². The van der Waals surface area contributed by atoms with Crippen molar-refractivity contribution in [2.45, 2.75) is 23.4 Å². The quantitative estimate of drug-likeness (QED) is 0.465. The highest BCUT2D eigenvalue weighted by molar-refractivity contribution is 7.99. The summed E-state index contributed by atoms with van der Waals surface area (Å²) in [5.41, 5.74) is 2.58. The number of carbonyl (C=O) groups excluding carboxylic acids is 1. The summed E-state index contributed by atoms with van der Waals surface area (Å²) < 4.78 is 14.6. The number of carbonyl (C=O) groups is 1. The number of nitrogens with zero attached hydrogens (tertiary/aromatic N) is 2. The third-order valence-corrected chi connectivity index (χ3v) is 5.67. The molecule has 0 aliphatic heterocycles. The van der Waals surface area contributed by atoms with Crippen LogP contribution in [-0.4, -0.2) is 15.7 Å². The zero-order valence-corrected chi connectivity index (χ0v) is 18.1. The second-order valence-corrected chi connectivity index (χ2v) is 8.29. The summed E-state index contributed by atoms with van der Waals surface area (Å²) in [7, 11) is 0. The van der Waals surface area contributed by atoms with Gasteiger partial charge in [0.1, 0.15) is 10.8 Å². The van der Waals surface area contributed by atoms with Crippen molar-refractivity contribution >= 4 is 17.7 Å². The number of amides is 1. The van der Waals surface area contributed by atoms with Crippen LogP contribution in [-0.2, 0) is 6.54 Å². The fraction of sp³-hybridized carbons (Fsp3) is 0.0800. The van der Waals surface area contributed by atoms with Crippen LogP contribution in [0.2, 0.25) is 0 Å². The van der Waals surface area contributed by atoms with E-state index in [0.717, 1.165) is 4.90 Å². The lowest BCUT2D eigenvalue weighted by molar-refractivity contribution is 0.0951. The zero-order valence-electron chi connectivity index (χ0n) is 17.3. The van der Waals surface area contributed by atoms with Crippen molar-refractivity contribution in [2.75, 3.05) is 0 Å². The second-order valence-electron chi connectivity index (χ2n) is 7.20. The molecule has 0 radical (unpaired) electrons. The van der Waals surface area contributed by atoms with Crippen molar-refractivity contribution in [2.24, 2.45) is 0 Å². The monoisotopic (exact) mass is 445 g/mol. The molecule has 5 nitrogen and oxygen atoms in total. The van der Waals surface area contributed by atoms with E-state index < -0.39 is 0 Å². The first-order valence-electron chi connectivity index (χ1n) is 9.96. The van der Waals surface area contributed by atoms with E-state index in [4.69, 9.17) is 0 Å². The van der Waals surface area contributed by atoms with Crippen LogP contribution in [0.4, 0.5) is 4.39 Å². The van der Waals surface area contributed by atoms with Crippen molar-refractivity contribution in [3.63, 3.8) is 0 Å². The maximum atomic E-state index is 13.3. The number of benzene rings is 3. The number of rotatable bonds is 6. The Kier molecular flexibility index (Phi) is 6.47. The molecule has 32 heavy (non-hydrogen) atoms. The molecule has 1 aromatic heterocycles. The summed E-state index contributed by atoms with van der Waals surface area (Å²) in [5.74, 6) is -0.633. The molecule has 0 saturated carbocycles. The second kappa shape index (κ2) is 9.62. The van der Waals surface area contributed by atoms with Gasteiger partial charge in [-0.15, -0.1) is 0 Å². The van der Waals surface area contributed by atoms with Crippen LogP contribution in [0.1, 0.15) is 21.5 Å². The molecule has 4 rings (SSSR count). The summed E-state index contributed by atoms with van der Waals surface area (Å²) in [6.45, 7) is 2.25. The first-order valence-corrected chi connectivity index (χ1v) is 10.8. The Morgan fingerprint density at radius 3 is 2.47 bits per heavy atom. The molecular formula is C25H20FN3O2S. The Balaban J connectivity index is 1.47. The van der Waals surface area contributed by atoms with Crippen LogP contribution in [0.25, 0.3) is 5.69 Å². The topological polar surface area (TPSA) is 64.0 Å². The third-order valence-electron chi connectivity index (χ3n) is 4.74. The molecule has 1 heterocycles. The van der Waals surface area contributed by atoms with E-state index >= 15 is 0 Å². The largest absolute Gasteiger partial charge is 0.348 e. The Bertz CT molecular complexity index is 1300. The molecule has 1 N–H and O–H groups in total. The molecular weight excluding hydrogens is 425 g/mol. The van der Waals surface area contributed by atoms with E-state index in [9.17, 15) is 14.0 Å². The Morgan fingerprint density at radius 1 is 1.00 bits per heavy atom.